The van der Waals surface area contributed by atoms with Gasteiger partial charge < -0.3 is 4.90 Å². The lowest BCUT2D eigenvalue weighted by atomic mass is 9.95. The molecule has 0 saturated carbocycles. The predicted molar refractivity (Wildman–Crippen MR) is 112 cm³/mol. The number of carbonyl (C=O) groups excluding carboxylic acids is 1. The van der Waals surface area contributed by atoms with Gasteiger partial charge in [0.2, 0.25) is 0 Å². The topological polar surface area (TPSA) is 47.3 Å². The summed E-state index contributed by atoms with van der Waals surface area (Å²) in [5.41, 5.74) is 4.22. The summed E-state index contributed by atoms with van der Waals surface area (Å²) in [7, 11) is 0. The molecule has 0 bridgehead atoms. The van der Waals surface area contributed by atoms with E-state index in [1.165, 1.54) is 5.56 Å². The number of rotatable bonds is 4. The van der Waals surface area contributed by atoms with E-state index in [4.69, 9.17) is 0 Å². The highest BCUT2D eigenvalue weighted by molar-refractivity contribution is 7.07. The van der Waals surface area contributed by atoms with Crippen molar-refractivity contribution in [1.82, 2.24) is 9.80 Å². The first-order valence-corrected chi connectivity index (χ1v) is 10.3. The summed E-state index contributed by atoms with van der Waals surface area (Å²) >= 11 is 1.72. The van der Waals surface area contributed by atoms with Crippen LogP contribution in [0.5, 0.6) is 0 Å². The van der Waals surface area contributed by atoms with Gasteiger partial charge >= 0.3 is 0 Å². The Morgan fingerprint density at radius 1 is 0.964 bits per heavy atom. The Labute approximate surface area is 169 Å². The largest absolute Gasteiger partial charge is 0.336 e. The maximum absolute atomic E-state index is 13.2. The van der Waals surface area contributed by atoms with Crippen LogP contribution in [0, 0.1) is 11.3 Å². The van der Waals surface area contributed by atoms with Gasteiger partial charge in [0, 0.05) is 43.9 Å². The Kier molecular flexibility index (Phi) is 5.52. The molecule has 0 N–H and O–H groups in total. The van der Waals surface area contributed by atoms with Crippen LogP contribution >= 0.6 is 11.3 Å². The van der Waals surface area contributed by atoms with E-state index in [0.29, 0.717) is 11.1 Å². The Hall–Kier alpha value is -2.94. The smallest absolute Gasteiger partial charge is 0.254 e. The third-order valence-corrected chi connectivity index (χ3v) is 5.87. The highest BCUT2D eigenvalue weighted by atomic mass is 32.1. The molecule has 1 aromatic heterocycles. The number of hydrogen-bond acceptors (Lipinski definition) is 4. The van der Waals surface area contributed by atoms with Gasteiger partial charge in [-0.2, -0.15) is 16.6 Å². The second-order valence-corrected chi connectivity index (χ2v) is 7.68. The standard InChI is InChI=1S/C23H21N3OS/c24-15-19-5-1-2-6-20(19)21-7-3-4-8-22(21)23(27)26-12-10-25(11-13-26)16-18-9-14-28-17-18/h1-9,14,17H,10-13,16H2. The van der Waals surface area contributed by atoms with Gasteiger partial charge in [-0.3, -0.25) is 9.69 Å². The van der Waals surface area contributed by atoms with Gasteiger partial charge in [0.15, 0.2) is 0 Å². The van der Waals surface area contributed by atoms with E-state index >= 15 is 0 Å². The van der Waals surface area contributed by atoms with Crippen LogP contribution in [0.1, 0.15) is 21.5 Å². The molecule has 1 fully saturated rings. The van der Waals surface area contributed by atoms with Gasteiger partial charge in [0.05, 0.1) is 11.6 Å². The van der Waals surface area contributed by atoms with Crippen LogP contribution in [0.15, 0.2) is 65.4 Å². The lowest BCUT2D eigenvalue weighted by Crippen LogP contribution is -2.48. The second-order valence-electron chi connectivity index (χ2n) is 6.90. The van der Waals surface area contributed by atoms with Gasteiger partial charge in [-0.25, -0.2) is 0 Å². The molecule has 1 aliphatic heterocycles. The molecule has 1 aliphatic rings. The van der Waals surface area contributed by atoms with Crippen molar-refractivity contribution in [2.45, 2.75) is 6.54 Å². The molecule has 28 heavy (non-hydrogen) atoms. The van der Waals surface area contributed by atoms with Crippen LogP contribution < -0.4 is 0 Å². The molecule has 1 amide bonds. The predicted octanol–water partition coefficient (Wildman–Crippen LogP) is 4.24. The first kappa shape index (κ1) is 18.4. The number of thiophene rings is 1. The van der Waals surface area contributed by atoms with Crippen molar-refractivity contribution >= 4 is 17.2 Å². The lowest BCUT2D eigenvalue weighted by molar-refractivity contribution is 0.0629. The Bertz CT molecular complexity index is 999. The number of piperazine rings is 1. The molecule has 4 nitrogen and oxygen atoms in total. The minimum Gasteiger partial charge on any atom is -0.336 e. The summed E-state index contributed by atoms with van der Waals surface area (Å²) in [6, 6.07) is 19.4. The maximum Gasteiger partial charge on any atom is 0.254 e. The summed E-state index contributed by atoms with van der Waals surface area (Å²) in [6.07, 6.45) is 0. The molecule has 0 radical (unpaired) electrons. The third-order valence-electron chi connectivity index (χ3n) is 5.14. The minimum atomic E-state index is 0.0403. The number of amides is 1. The molecule has 0 atom stereocenters. The number of nitriles is 1. The molecule has 2 heterocycles. The SMILES string of the molecule is N#Cc1ccccc1-c1ccccc1C(=O)N1CCN(Cc2ccsc2)CC1. The van der Waals surface area contributed by atoms with Crippen molar-refractivity contribution in [1.29, 1.82) is 5.26 Å². The Morgan fingerprint density at radius 2 is 1.68 bits per heavy atom. The summed E-state index contributed by atoms with van der Waals surface area (Å²) in [5, 5.41) is 13.7. The molecule has 4 rings (SSSR count). The molecule has 3 aromatic rings. The fourth-order valence-electron chi connectivity index (χ4n) is 3.64. The van der Waals surface area contributed by atoms with E-state index in [2.05, 4.69) is 27.8 Å². The monoisotopic (exact) mass is 387 g/mol. The molecule has 5 heteroatoms. The molecule has 0 aliphatic carbocycles. The van der Waals surface area contributed by atoms with Gasteiger partial charge in [-0.05, 0) is 40.1 Å². The molecule has 0 spiro atoms. The van der Waals surface area contributed by atoms with Gasteiger partial charge in [-0.15, -0.1) is 0 Å². The van der Waals surface area contributed by atoms with Gasteiger partial charge in [0.25, 0.3) is 5.91 Å². The molecule has 1 saturated heterocycles. The highest BCUT2D eigenvalue weighted by Gasteiger charge is 2.24. The van der Waals surface area contributed by atoms with Crippen LogP contribution in [-0.4, -0.2) is 41.9 Å². The molecule has 2 aromatic carbocycles. The zero-order valence-corrected chi connectivity index (χ0v) is 16.4. The van der Waals surface area contributed by atoms with Crippen molar-refractivity contribution in [2.75, 3.05) is 26.2 Å². The van der Waals surface area contributed by atoms with Crippen LogP contribution in [0.3, 0.4) is 0 Å². The lowest BCUT2D eigenvalue weighted by Gasteiger charge is -2.35. The Morgan fingerprint density at radius 3 is 2.39 bits per heavy atom. The highest BCUT2D eigenvalue weighted by Crippen LogP contribution is 2.28. The van der Waals surface area contributed by atoms with E-state index in [-0.39, 0.29) is 5.91 Å². The van der Waals surface area contributed by atoms with Crippen LogP contribution in [0.25, 0.3) is 11.1 Å². The number of benzene rings is 2. The van der Waals surface area contributed by atoms with Crippen molar-refractivity contribution in [3.63, 3.8) is 0 Å². The second kappa shape index (κ2) is 8.39. The first-order valence-electron chi connectivity index (χ1n) is 9.37. The van der Waals surface area contributed by atoms with Crippen molar-refractivity contribution < 1.29 is 4.79 Å². The Balaban J connectivity index is 1.51. The van der Waals surface area contributed by atoms with Crippen molar-refractivity contribution in [3.8, 4) is 17.2 Å². The summed E-state index contributed by atoms with van der Waals surface area (Å²) < 4.78 is 0. The zero-order chi connectivity index (χ0) is 19.3. The quantitative estimate of drug-likeness (QED) is 0.673. The van der Waals surface area contributed by atoms with E-state index in [0.717, 1.165) is 43.9 Å². The average molecular weight is 388 g/mol. The number of carbonyl (C=O) groups is 1. The van der Waals surface area contributed by atoms with E-state index in [1.54, 1.807) is 17.4 Å². The van der Waals surface area contributed by atoms with E-state index < -0.39 is 0 Å². The fraction of sp³-hybridized carbons (Fsp3) is 0.217. The maximum atomic E-state index is 13.2. The number of hydrogen-bond donors (Lipinski definition) is 0. The van der Waals surface area contributed by atoms with E-state index in [1.807, 2.05) is 47.4 Å². The summed E-state index contributed by atoms with van der Waals surface area (Å²) in [5.74, 6) is 0.0403. The molecule has 0 unspecified atom stereocenters. The van der Waals surface area contributed by atoms with Crippen LogP contribution in [0.2, 0.25) is 0 Å². The normalized spacial score (nSPS) is 14.6. The van der Waals surface area contributed by atoms with Crippen LogP contribution in [0.4, 0.5) is 0 Å². The van der Waals surface area contributed by atoms with Crippen molar-refractivity contribution in [3.05, 3.63) is 82.0 Å². The minimum absolute atomic E-state index is 0.0403. The summed E-state index contributed by atoms with van der Waals surface area (Å²) in [4.78, 5) is 17.6. The molecular weight excluding hydrogens is 366 g/mol. The molecular formula is C23H21N3OS. The fourth-order valence-corrected chi connectivity index (χ4v) is 4.30. The van der Waals surface area contributed by atoms with Gasteiger partial charge in [0.1, 0.15) is 0 Å². The summed E-state index contributed by atoms with van der Waals surface area (Å²) in [6.45, 7) is 4.13. The number of nitrogens with zero attached hydrogens (tertiary/aromatic N) is 3. The van der Waals surface area contributed by atoms with Gasteiger partial charge in [-0.1, -0.05) is 36.4 Å². The van der Waals surface area contributed by atoms with Crippen LogP contribution in [-0.2, 0) is 6.54 Å². The third kappa shape index (κ3) is 3.84. The zero-order valence-electron chi connectivity index (χ0n) is 15.5. The molecule has 140 valence electrons. The van der Waals surface area contributed by atoms with E-state index in [9.17, 15) is 10.1 Å². The average Bonchev–Trinajstić information content (AvgIpc) is 3.27. The first-order chi connectivity index (χ1) is 13.8. The van der Waals surface area contributed by atoms with Crippen molar-refractivity contribution in [2.24, 2.45) is 0 Å².